The first-order valence-electron chi connectivity index (χ1n) is 7.40. The van der Waals surface area contributed by atoms with Crippen LogP contribution in [0.25, 0.3) is 0 Å². The Morgan fingerprint density at radius 2 is 1.72 bits per heavy atom. The monoisotopic (exact) mass is 334 g/mol. The lowest BCUT2D eigenvalue weighted by Crippen LogP contribution is -1.99. The van der Waals surface area contributed by atoms with Gasteiger partial charge in [0.15, 0.2) is 5.76 Å². The van der Waals surface area contributed by atoms with Gasteiger partial charge in [-0.25, -0.2) is 4.79 Å². The lowest BCUT2D eigenvalue weighted by atomic mass is 10.2. The van der Waals surface area contributed by atoms with Crippen molar-refractivity contribution >= 4 is 23.2 Å². The maximum Gasteiger partial charge on any atom is 0.335 e. The Labute approximate surface area is 143 Å². The topological polar surface area (TPSA) is 99.5 Å². The van der Waals surface area contributed by atoms with E-state index in [4.69, 9.17) is 9.52 Å². The van der Waals surface area contributed by atoms with Crippen LogP contribution in [0.15, 0.2) is 92.7 Å². The van der Waals surface area contributed by atoms with Gasteiger partial charge in [-0.2, -0.15) is 0 Å². The third-order valence-corrected chi connectivity index (χ3v) is 3.18. The van der Waals surface area contributed by atoms with Crippen LogP contribution in [0.5, 0.6) is 0 Å². The second-order valence-electron chi connectivity index (χ2n) is 4.94. The van der Waals surface area contributed by atoms with Crippen LogP contribution in [-0.4, -0.2) is 16.9 Å². The maximum atomic E-state index is 10.9. The minimum Gasteiger partial charge on any atom is -0.478 e. The molecule has 2 N–H and O–H groups in total. The molecule has 0 fully saturated rings. The summed E-state index contributed by atoms with van der Waals surface area (Å²) in [5, 5.41) is 21.3. The zero-order chi connectivity index (χ0) is 17.5. The normalized spacial score (nSPS) is 11.6. The first kappa shape index (κ1) is 16.1. The van der Waals surface area contributed by atoms with E-state index in [-0.39, 0.29) is 11.4 Å². The van der Waals surface area contributed by atoms with Gasteiger partial charge in [-0.1, -0.05) is 18.2 Å². The van der Waals surface area contributed by atoms with E-state index in [1.54, 1.807) is 24.3 Å². The van der Waals surface area contributed by atoms with Gasteiger partial charge in [0.25, 0.3) is 0 Å². The molecule has 2 aromatic carbocycles. The molecule has 3 aromatic rings. The third-order valence-electron chi connectivity index (χ3n) is 3.18. The molecule has 1 aromatic heterocycles. The van der Waals surface area contributed by atoms with Crippen LogP contribution in [0.3, 0.4) is 0 Å². The molecular formula is C18H14N4O3. The number of furan rings is 1. The molecule has 0 amide bonds. The minimum atomic E-state index is -0.992. The average molecular weight is 334 g/mol. The number of carboxylic acids is 1. The first-order valence-corrected chi connectivity index (χ1v) is 7.40. The van der Waals surface area contributed by atoms with Crippen LogP contribution in [0.2, 0.25) is 0 Å². The number of carboxylic acid groups (broad SMARTS) is 1. The summed E-state index contributed by atoms with van der Waals surface area (Å²) < 4.78 is 5.32. The van der Waals surface area contributed by atoms with Gasteiger partial charge in [-0.3, -0.25) is 5.43 Å². The van der Waals surface area contributed by atoms with Crippen molar-refractivity contribution in [3.63, 3.8) is 0 Å². The summed E-state index contributed by atoms with van der Waals surface area (Å²) >= 11 is 0. The van der Waals surface area contributed by atoms with Crippen molar-refractivity contribution < 1.29 is 14.3 Å². The third kappa shape index (κ3) is 4.38. The molecular weight excluding hydrogens is 320 g/mol. The molecule has 1 heterocycles. The molecule has 0 spiro atoms. The highest BCUT2D eigenvalue weighted by molar-refractivity contribution is 5.97. The quantitative estimate of drug-likeness (QED) is 0.310. The number of rotatable bonds is 5. The Hall–Kier alpha value is -3.74. The Kier molecular flexibility index (Phi) is 4.96. The Bertz CT molecular complexity index is 886. The molecule has 7 nitrogen and oxygen atoms in total. The van der Waals surface area contributed by atoms with E-state index in [1.807, 2.05) is 30.3 Å². The highest BCUT2D eigenvalue weighted by Crippen LogP contribution is 2.15. The number of azo groups is 1. The van der Waals surface area contributed by atoms with E-state index in [0.717, 1.165) is 5.69 Å². The number of para-hydroxylation sites is 1. The van der Waals surface area contributed by atoms with Gasteiger partial charge in [0.2, 0.25) is 5.84 Å². The number of hydrazone groups is 1. The number of carbonyl (C=O) groups is 1. The molecule has 124 valence electrons. The van der Waals surface area contributed by atoms with Crippen LogP contribution >= 0.6 is 0 Å². The van der Waals surface area contributed by atoms with Crippen molar-refractivity contribution in [3.05, 3.63) is 84.3 Å². The molecule has 3 rings (SSSR count). The molecule has 0 atom stereocenters. The molecule has 25 heavy (non-hydrogen) atoms. The van der Waals surface area contributed by atoms with Crippen LogP contribution in [-0.2, 0) is 0 Å². The van der Waals surface area contributed by atoms with E-state index < -0.39 is 5.97 Å². The van der Waals surface area contributed by atoms with E-state index in [9.17, 15) is 4.79 Å². The fraction of sp³-hybridized carbons (Fsp3) is 0. The van der Waals surface area contributed by atoms with Crippen molar-refractivity contribution in [3.8, 4) is 0 Å². The number of aromatic carboxylic acids is 1. The number of benzene rings is 2. The number of hydrogen-bond acceptors (Lipinski definition) is 5. The van der Waals surface area contributed by atoms with E-state index in [0.29, 0.717) is 11.4 Å². The van der Waals surface area contributed by atoms with Crippen LogP contribution in [0.1, 0.15) is 16.1 Å². The number of nitrogens with one attached hydrogen (secondary N) is 1. The number of anilines is 1. The highest BCUT2D eigenvalue weighted by atomic mass is 16.4. The van der Waals surface area contributed by atoms with Crippen LogP contribution < -0.4 is 5.43 Å². The Balaban J connectivity index is 1.81. The zero-order valence-corrected chi connectivity index (χ0v) is 13.0. The van der Waals surface area contributed by atoms with Gasteiger partial charge in [-0.15, -0.1) is 15.3 Å². The lowest BCUT2D eigenvalue weighted by molar-refractivity contribution is 0.0697. The van der Waals surface area contributed by atoms with Gasteiger partial charge in [0, 0.05) is 0 Å². The summed E-state index contributed by atoms with van der Waals surface area (Å²) in [5.41, 5.74) is 4.38. The molecule has 0 unspecified atom stereocenters. The summed E-state index contributed by atoms with van der Waals surface area (Å²) in [6, 6.07) is 18.9. The van der Waals surface area contributed by atoms with E-state index >= 15 is 0 Å². The second kappa shape index (κ2) is 7.69. The SMILES string of the molecule is O=C(O)c1ccc(N=NC(=NNc2ccccc2)c2ccco2)cc1. The van der Waals surface area contributed by atoms with E-state index in [1.165, 1.54) is 18.4 Å². The summed E-state index contributed by atoms with van der Waals surface area (Å²) in [5.74, 6) is -0.279. The number of nitrogens with zero attached hydrogens (tertiary/aromatic N) is 3. The van der Waals surface area contributed by atoms with Gasteiger partial charge >= 0.3 is 5.97 Å². The molecule has 0 aliphatic heterocycles. The molecule has 0 radical (unpaired) electrons. The summed E-state index contributed by atoms with van der Waals surface area (Å²) in [6.07, 6.45) is 1.52. The Morgan fingerprint density at radius 1 is 0.960 bits per heavy atom. The molecule has 0 saturated carbocycles. The summed E-state index contributed by atoms with van der Waals surface area (Å²) in [7, 11) is 0. The summed E-state index contributed by atoms with van der Waals surface area (Å²) in [4.78, 5) is 10.9. The predicted molar refractivity (Wildman–Crippen MR) is 93.2 cm³/mol. The predicted octanol–water partition coefficient (Wildman–Crippen LogP) is 4.54. The molecule has 0 aliphatic rings. The van der Waals surface area contributed by atoms with Gasteiger partial charge in [0.1, 0.15) is 0 Å². The van der Waals surface area contributed by atoms with Crippen molar-refractivity contribution in [2.24, 2.45) is 15.3 Å². The number of hydrogen-bond donors (Lipinski definition) is 2. The average Bonchev–Trinajstić information content (AvgIpc) is 3.17. The zero-order valence-electron chi connectivity index (χ0n) is 13.0. The molecule has 0 bridgehead atoms. The smallest absolute Gasteiger partial charge is 0.335 e. The largest absolute Gasteiger partial charge is 0.478 e. The van der Waals surface area contributed by atoms with E-state index in [2.05, 4.69) is 20.8 Å². The molecule has 7 heteroatoms. The highest BCUT2D eigenvalue weighted by Gasteiger charge is 2.06. The summed E-state index contributed by atoms with van der Waals surface area (Å²) in [6.45, 7) is 0. The second-order valence-corrected chi connectivity index (χ2v) is 4.94. The van der Waals surface area contributed by atoms with Gasteiger partial charge in [0.05, 0.1) is 23.2 Å². The van der Waals surface area contributed by atoms with Crippen molar-refractivity contribution in [2.75, 3.05) is 5.43 Å². The van der Waals surface area contributed by atoms with Crippen molar-refractivity contribution in [1.82, 2.24) is 0 Å². The Morgan fingerprint density at radius 3 is 2.36 bits per heavy atom. The first-order chi connectivity index (χ1) is 12.2. The molecule has 0 saturated heterocycles. The molecule has 0 aliphatic carbocycles. The fourth-order valence-electron chi connectivity index (χ4n) is 1.94. The minimum absolute atomic E-state index is 0.185. The van der Waals surface area contributed by atoms with Crippen molar-refractivity contribution in [1.29, 1.82) is 0 Å². The van der Waals surface area contributed by atoms with Crippen LogP contribution in [0.4, 0.5) is 11.4 Å². The standard InChI is InChI=1S/C18H14N4O3/c23-18(24)13-8-10-15(11-9-13)20-22-17(16-7-4-12-25-16)21-19-14-5-2-1-3-6-14/h1-12,19H,(H,23,24). The van der Waals surface area contributed by atoms with Gasteiger partial charge < -0.3 is 9.52 Å². The van der Waals surface area contributed by atoms with Crippen molar-refractivity contribution in [2.45, 2.75) is 0 Å². The number of amidine groups is 1. The lowest BCUT2D eigenvalue weighted by Gasteiger charge is -2.01. The maximum absolute atomic E-state index is 10.9. The van der Waals surface area contributed by atoms with Gasteiger partial charge in [-0.05, 0) is 48.5 Å². The fourth-order valence-corrected chi connectivity index (χ4v) is 1.94. The van der Waals surface area contributed by atoms with Crippen LogP contribution in [0, 0.1) is 0 Å².